The van der Waals surface area contributed by atoms with Crippen LogP contribution in [-0.4, -0.2) is 33.4 Å². The molecule has 0 aliphatic rings. The second-order valence-electron chi connectivity index (χ2n) is 6.63. The average molecular weight is 458 g/mol. The first-order chi connectivity index (χ1) is 15.4. The van der Waals surface area contributed by atoms with Crippen molar-refractivity contribution in [1.29, 1.82) is 0 Å². The Morgan fingerprint density at radius 2 is 1.69 bits per heavy atom. The van der Waals surface area contributed by atoms with Crippen LogP contribution in [0.2, 0.25) is 0 Å². The Morgan fingerprint density at radius 3 is 2.31 bits per heavy atom. The number of ether oxygens (including phenoxy) is 1. The Morgan fingerprint density at radius 1 is 0.969 bits per heavy atom. The molecule has 3 N–H and O–H groups in total. The Hall–Kier alpha value is -3.79. The van der Waals surface area contributed by atoms with Crippen molar-refractivity contribution in [3.63, 3.8) is 0 Å². The molecule has 0 spiro atoms. The fourth-order valence-electron chi connectivity index (χ4n) is 2.71. The van der Waals surface area contributed by atoms with E-state index in [1.807, 2.05) is 6.92 Å². The van der Waals surface area contributed by atoms with E-state index in [-0.39, 0.29) is 29.5 Å². The number of carbonyl (C=O) groups excluding carboxylic acids is 2. The van der Waals surface area contributed by atoms with E-state index >= 15 is 0 Å². The van der Waals surface area contributed by atoms with E-state index in [0.29, 0.717) is 23.8 Å². The maximum absolute atomic E-state index is 12.5. The number of furan rings is 1. The summed E-state index contributed by atoms with van der Waals surface area (Å²) in [6.45, 7) is 2.35. The van der Waals surface area contributed by atoms with Gasteiger partial charge in [0.1, 0.15) is 11.5 Å². The molecule has 0 saturated carbocycles. The molecule has 2 aromatic carbocycles. The lowest BCUT2D eigenvalue weighted by Gasteiger charge is -2.10. The van der Waals surface area contributed by atoms with Gasteiger partial charge in [0, 0.05) is 11.3 Å². The maximum Gasteiger partial charge on any atom is 0.261 e. The van der Waals surface area contributed by atoms with Crippen LogP contribution in [0.25, 0.3) is 0 Å². The highest BCUT2D eigenvalue weighted by Crippen LogP contribution is 2.19. The van der Waals surface area contributed by atoms with Crippen LogP contribution in [-0.2, 0) is 21.4 Å². The molecule has 2 amide bonds. The van der Waals surface area contributed by atoms with Crippen molar-refractivity contribution < 1.29 is 27.2 Å². The topological polar surface area (TPSA) is 127 Å². The van der Waals surface area contributed by atoms with Gasteiger partial charge in [0.25, 0.3) is 15.9 Å². The van der Waals surface area contributed by atoms with E-state index in [9.17, 15) is 18.0 Å². The minimum absolute atomic E-state index is 0.0864. The summed E-state index contributed by atoms with van der Waals surface area (Å²) in [5.41, 5.74) is 0.583. The number of nitrogens with one attached hydrogen (secondary N) is 3. The van der Waals surface area contributed by atoms with Gasteiger partial charge in [0.2, 0.25) is 5.91 Å². The second kappa shape index (κ2) is 10.5. The van der Waals surface area contributed by atoms with Crippen molar-refractivity contribution in [2.24, 2.45) is 0 Å². The van der Waals surface area contributed by atoms with Gasteiger partial charge in [-0.05, 0) is 67.6 Å². The van der Waals surface area contributed by atoms with Crippen LogP contribution in [0.5, 0.6) is 5.75 Å². The molecule has 168 valence electrons. The quantitative estimate of drug-likeness (QED) is 0.429. The number of carbonyl (C=O) groups is 2. The zero-order valence-electron chi connectivity index (χ0n) is 17.3. The van der Waals surface area contributed by atoms with Gasteiger partial charge in [0.05, 0.1) is 30.9 Å². The zero-order chi connectivity index (χ0) is 23.0. The first kappa shape index (κ1) is 22.9. The third kappa shape index (κ3) is 6.35. The first-order valence-corrected chi connectivity index (χ1v) is 11.3. The van der Waals surface area contributed by atoms with Gasteiger partial charge in [-0.15, -0.1) is 0 Å². The van der Waals surface area contributed by atoms with Crippen LogP contribution < -0.4 is 20.1 Å². The Bertz CT molecular complexity index is 1140. The Balaban J connectivity index is 1.52. The van der Waals surface area contributed by atoms with E-state index in [0.717, 1.165) is 0 Å². The molecular formula is C22H23N3O6S. The lowest BCUT2D eigenvalue weighted by Crippen LogP contribution is -2.36. The highest BCUT2D eigenvalue weighted by Gasteiger charge is 2.15. The summed E-state index contributed by atoms with van der Waals surface area (Å²) in [7, 11) is -3.79. The average Bonchev–Trinajstić information content (AvgIpc) is 3.31. The Labute approximate surface area is 185 Å². The summed E-state index contributed by atoms with van der Waals surface area (Å²) in [6.07, 6.45) is 1.51. The summed E-state index contributed by atoms with van der Waals surface area (Å²) in [5.74, 6) is 0.359. The lowest BCUT2D eigenvalue weighted by atomic mass is 10.2. The van der Waals surface area contributed by atoms with E-state index in [2.05, 4.69) is 15.4 Å². The van der Waals surface area contributed by atoms with Crippen LogP contribution in [0.4, 0.5) is 5.69 Å². The summed E-state index contributed by atoms with van der Waals surface area (Å²) in [6, 6.07) is 15.4. The minimum atomic E-state index is -3.79. The normalized spacial score (nSPS) is 10.9. The van der Waals surface area contributed by atoms with Crippen molar-refractivity contribution in [1.82, 2.24) is 10.6 Å². The number of benzene rings is 2. The van der Waals surface area contributed by atoms with Gasteiger partial charge >= 0.3 is 0 Å². The van der Waals surface area contributed by atoms with Crippen LogP contribution in [0.1, 0.15) is 23.0 Å². The van der Waals surface area contributed by atoms with Crippen molar-refractivity contribution in [3.8, 4) is 5.75 Å². The fraction of sp³-hybridized carbons (Fsp3) is 0.182. The Kier molecular flexibility index (Phi) is 7.50. The van der Waals surface area contributed by atoms with Crippen LogP contribution in [0, 0.1) is 0 Å². The molecule has 1 heterocycles. The van der Waals surface area contributed by atoms with Gasteiger partial charge in [0.15, 0.2) is 0 Å². The van der Waals surface area contributed by atoms with Gasteiger partial charge in [-0.1, -0.05) is 0 Å². The largest absolute Gasteiger partial charge is 0.494 e. The van der Waals surface area contributed by atoms with Gasteiger partial charge < -0.3 is 19.8 Å². The van der Waals surface area contributed by atoms with Gasteiger partial charge in [-0.3, -0.25) is 14.3 Å². The standard InChI is InChI=1S/C22H23N3O6S/c1-2-30-18-9-11-20(12-10-18)32(28,29)25-17-7-5-16(6-8-17)22(27)24-15-21(26)23-14-19-4-3-13-31-19/h3-13,25H,2,14-15H2,1H3,(H,23,26)(H,24,27). The third-order valence-electron chi connectivity index (χ3n) is 4.29. The monoisotopic (exact) mass is 457 g/mol. The number of hydrogen-bond donors (Lipinski definition) is 3. The predicted molar refractivity (Wildman–Crippen MR) is 118 cm³/mol. The summed E-state index contributed by atoms with van der Waals surface area (Å²) in [4.78, 5) is 24.1. The van der Waals surface area contributed by atoms with Crippen molar-refractivity contribution in [3.05, 3.63) is 78.3 Å². The first-order valence-electron chi connectivity index (χ1n) is 9.80. The van der Waals surface area contributed by atoms with Gasteiger partial charge in [-0.25, -0.2) is 8.42 Å². The molecule has 0 atom stereocenters. The molecular weight excluding hydrogens is 434 g/mol. The van der Waals surface area contributed by atoms with Crippen LogP contribution in [0.3, 0.4) is 0 Å². The molecule has 32 heavy (non-hydrogen) atoms. The molecule has 9 nitrogen and oxygen atoms in total. The molecule has 1 aromatic heterocycles. The smallest absolute Gasteiger partial charge is 0.261 e. The van der Waals surface area contributed by atoms with E-state index in [1.54, 1.807) is 24.3 Å². The van der Waals surface area contributed by atoms with E-state index in [4.69, 9.17) is 9.15 Å². The SMILES string of the molecule is CCOc1ccc(S(=O)(=O)Nc2ccc(C(=O)NCC(=O)NCc3ccco3)cc2)cc1. The highest BCUT2D eigenvalue weighted by molar-refractivity contribution is 7.92. The molecule has 0 aliphatic heterocycles. The summed E-state index contributed by atoms with van der Waals surface area (Å²) >= 11 is 0. The molecule has 0 bridgehead atoms. The summed E-state index contributed by atoms with van der Waals surface area (Å²) < 4.78 is 37.9. The number of hydrogen-bond acceptors (Lipinski definition) is 6. The molecule has 10 heteroatoms. The molecule has 0 saturated heterocycles. The van der Waals surface area contributed by atoms with Crippen molar-refractivity contribution >= 4 is 27.5 Å². The van der Waals surface area contributed by atoms with Crippen LogP contribution >= 0.6 is 0 Å². The zero-order valence-corrected chi connectivity index (χ0v) is 18.1. The number of sulfonamides is 1. The third-order valence-corrected chi connectivity index (χ3v) is 5.69. The molecule has 3 rings (SSSR count). The molecule has 0 radical (unpaired) electrons. The van der Waals surface area contributed by atoms with Crippen molar-refractivity contribution in [2.75, 3.05) is 17.9 Å². The number of rotatable bonds is 10. The predicted octanol–water partition coefficient (Wildman–Crippen LogP) is 2.53. The lowest BCUT2D eigenvalue weighted by molar-refractivity contribution is -0.120. The summed E-state index contributed by atoms with van der Waals surface area (Å²) in [5, 5.41) is 5.13. The van der Waals surface area contributed by atoms with Crippen molar-refractivity contribution in [2.45, 2.75) is 18.4 Å². The molecule has 0 fully saturated rings. The second-order valence-corrected chi connectivity index (χ2v) is 8.31. The highest BCUT2D eigenvalue weighted by atomic mass is 32.2. The minimum Gasteiger partial charge on any atom is -0.494 e. The number of amides is 2. The fourth-order valence-corrected chi connectivity index (χ4v) is 3.77. The van der Waals surface area contributed by atoms with Crippen LogP contribution in [0.15, 0.2) is 76.2 Å². The molecule has 0 aliphatic carbocycles. The number of anilines is 1. The molecule has 0 unspecified atom stereocenters. The van der Waals surface area contributed by atoms with E-state index in [1.165, 1.54) is 42.7 Å². The van der Waals surface area contributed by atoms with Gasteiger partial charge in [-0.2, -0.15) is 0 Å². The van der Waals surface area contributed by atoms with E-state index < -0.39 is 15.9 Å². The molecule has 3 aromatic rings. The maximum atomic E-state index is 12.5.